The van der Waals surface area contributed by atoms with Crippen molar-refractivity contribution < 1.29 is 27.5 Å². The third-order valence-corrected chi connectivity index (χ3v) is 2.15. The van der Waals surface area contributed by atoms with Gasteiger partial charge in [-0.05, 0) is 5.92 Å². The molecule has 0 radical (unpaired) electrons. The number of alkyl carbamates (subject to hydrolysis) is 1. The molecule has 3 N–H and O–H groups in total. The van der Waals surface area contributed by atoms with Gasteiger partial charge in [0.2, 0.25) is 5.91 Å². The summed E-state index contributed by atoms with van der Waals surface area (Å²) in [5.41, 5.74) is 5.46. The van der Waals surface area contributed by atoms with Crippen molar-refractivity contribution >= 4 is 12.0 Å². The molecule has 0 saturated heterocycles. The second-order valence-corrected chi connectivity index (χ2v) is 3.59. The lowest BCUT2D eigenvalue weighted by molar-refractivity contribution is -0.160. The molecule has 17 heavy (non-hydrogen) atoms. The van der Waals surface area contributed by atoms with Crippen LogP contribution in [0.5, 0.6) is 0 Å². The average molecular weight is 256 g/mol. The van der Waals surface area contributed by atoms with Gasteiger partial charge in [0, 0.05) is 0 Å². The third-order valence-electron chi connectivity index (χ3n) is 2.15. The molecule has 0 aromatic rings. The van der Waals surface area contributed by atoms with E-state index in [1.54, 1.807) is 19.2 Å². The second-order valence-electron chi connectivity index (χ2n) is 3.59. The van der Waals surface area contributed by atoms with E-state index in [0.717, 1.165) is 0 Å². The van der Waals surface area contributed by atoms with Crippen molar-refractivity contribution in [2.24, 2.45) is 11.7 Å². The summed E-state index contributed by atoms with van der Waals surface area (Å²) in [6.07, 6.45) is -5.48. The molecule has 0 saturated carbocycles. The Bertz CT molecular complexity index is 281. The summed E-state index contributed by atoms with van der Waals surface area (Å²) in [7, 11) is 0. The lowest BCUT2D eigenvalue weighted by atomic mass is 10.00. The van der Waals surface area contributed by atoms with Crippen LogP contribution in [-0.2, 0) is 9.53 Å². The number of halogens is 3. The number of hydrogen-bond donors (Lipinski definition) is 2. The van der Waals surface area contributed by atoms with E-state index in [2.05, 4.69) is 4.74 Å². The average Bonchev–Trinajstić information content (AvgIpc) is 2.23. The highest BCUT2D eigenvalue weighted by atomic mass is 19.4. The molecule has 0 unspecified atom stereocenters. The van der Waals surface area contributed by atoms with Crippen LogP contribution in [0.1, 0.15) is 20.3 Å². The number of ether oxygens (including phenoxy) is 1. The Labute approximate surface area is 96.5 Å². The minimum absolute atomic E-state index is 0.189. The molecule has 0 heterocycles. The number of carbonyl (C=O) groups excluding carboxylic acids is 2. The number of nitrogens with two attached hydrogens (primary N) is 1. The van der Waals surface area contributed by atoms with Gasteiger partial charge in [-0.3, -0.25) is 10.1 Å². The fourth-order valence-electron chi connectivity index (χ4n) is 0.880. The van der Waals surface area contributed by atoms with E-state index in [1.807, 2.05) is 0 Å². The quantitative estimate of drug-likeness (QED) is 0.791. The zero-order chi connectivity index (χ0) is 13.6. The van der Waals surface area contributed by atoms with Gasteiger partial charge in [0.25, 0.3) is 0 Å². The van der Waals surface area contributed by atoms with E-state index in [0.29, 0.717) is 6.42 Å². The van der Waals surface area contributed by atoms with Gasteiger partial charge in [0.05, 0.1) is 6.04 Å². The van der Waals surface area contributed by atoms with Crippen LogP contribution < -0.4 is 11.1 Å². The van der Waals surface area contributed by atoms with Gasteiger partial charge in [0.15, 0.2) is 6.61 Å². The van der Waals surface area contributed by atoms with Crippen molar-refractivity contribution in [2.75, 3.05) is 6.61 Å². The third kappa shape index (κ3) is 6.77. The van der Waals surface area contributed by atoms with Gasteiger partial charge >= 0.3 is 12.3 Å². The van der Waals surface area contributed by atoms with Gasteiger partial charge in [-0.1, -0.05) is 20.3 Å². The zero-order valence-corrected chi connectivity index (χ0v) is 9.50. The van der Waals surface area contributed by atoms with Crippen molar-refractivity contribution in [1.29, 1.82) is 0 Å². The van der Waals surface area contributed by atoms with Crippen LogP contribution in [-0.4, -0.2) is 30.8 Å². The van der Waals surface area contributed by atoms with Crippen molar-refractivity contribution in [3.8, 4) is 0 Å². The fraction of sp³-hybridized carbons (Fsp3) is 0.778. The first-order valence-corrected chi connectivity index (χ1v) is 4.97. The summed E-state index contributed by atoms with van der Waals surface area (Å²) in [6, 6.07) is -0.960. The number of hydrogen-bond acceptors (Lipinski definition) is 4. The second kappa shape index (κ2) is 6.43. The maximum atomic E-state index is 11.7. The Kier molecular flexibility index (Phi) is 5.94. The maximum absolute atomic E-state index is 11.7. The lowest BCUT2D eigenvalue weighted by Crippen LogP contribution is -2.47. The molecule has 100 valence electrons. The molecule has 2 atom stereocenters. The number of alkyl halides is 3. The minimum atomic E-state index is -4.63. The molecule has 8 heteroatoms. The van der Waals surface area contributed by atoms with Gasteiger partial charge in [-0.15, -0.1) is 0 Å². The van der Waals surface area contributed by atoms with Crippen molar-refractivity contribution in [1.82, 2.24) is 5.32 Å². The van der Waals surface area contributed by atoms with Crippen LogP contribution in [0.4, 0.5) is 18.0 Å². The maximum Gasteiger partial charge on any atom is 0.422 e. The van der Waals surface area contributed by atoms with Gasteiger partial charge in [0.1, 0.15) is 0 Å². The van der Waals surface area contributed by atoms with E-state index in [-0.39, 0.29) is 5.92 Å². The molecule has 2 amide bonds. The molecule has 5 nitrogen and oxygen atoms in total. The Morgan fingerprint density at radius 1 is 1.41 bits per heavy atom. The Morgan fingerprint density at radius 2 is 1.94 bits per heavy atom. The van der Waals surface area contributed by atoms with Crippen molar-refractivity contribution in [2.45, 2.75) is 32.5 Å². The van der Waals surface area contributed by atoms with Crippen LogP contribution in [0, 0.1) is 5.92 Å². The minimum Gasteiger partial charge on any atom is -0.440 e. The van der Waals surface area contributed by atoms with E-state index >= 15 is 0 Å². The Hall–Kier alpha value is -1.31. The summed E-state index contributed by atoms with van der Waals surface area (Å²) in [6.45, 7) is 1.73. The lowest BCUT2D eigenvalue weighted by Gasteiger charge is -2.17. The van der Waals surface area contributed by atoms with Crippen molar-refractivity contribution in [3.63, 3.8) is 0 Å². The first-order chi connectivity index (χ1) is 7.67. The highest BCUT2D eigenvalue weighted by Gasteiger charge is 2.30. The summed E-state index contributed by atoms with van der Waals surface area (Å²) >= 11 is 0. The number of nitrogens with one attached hydrogen (secondary N) is 1. The highest BCUT2D eigenvalue weighted by Crippen LogP contribution is 2.14. The van der Waals surface area contributed by atoms with E-state index < -0.39 is 30.8 Å². The molecule has 0 aromatic heterocycles. The van der Waals surface area contributed by atoms with Gasteiger partial charge in [-0.25, -0.2) is 4.79 Å². The molecular formula is C9H15F3N2O3. The van der Waals surface area contributed by atoms with Crippen molar-refractivity contribution in [3.05, 3.63) is 0 Å². The van der Waals surface area contributed by atoms with Crippen LogP contribution in [0.25, 0.3) is 0 Å². The summed E-state index contributed by atoms with van der Waals surface area (Å²) in [4.78, 5) is 22.1. The highest BCUT2D eigenvalue weighted by molar-refractivity contribution is 5.94. The molecular weight excluding hydrogens is 241 g/mol. The normalized spacial score (nSPS) is 14.9. The standard InChI is InChI=1S/C9H15F3N2O3/c1-3-5(2)6(13)7(15)14-8(16)17-4-9(10,11)12/h5-6H,3-4,13H2,1-2H3,(H,14,15,16)/t5-,6-/m0/s1. The van der Waals surface area contributed by atoms with Crippen LogP contribution in [0.15, 0.2) is 0 Å². The molecule has 0 aliphatic rings. The predicted molar refractivity (Wildman–Crippen MR) is 53.0 cm³/mol. The van der Waals surface area contributed by atoms with Gasteiger partial charge < -0.3 is 10.5 Å². The summed E-state index contributed by atoms with van der Waals surface area (Å²) in [5.74, 6) is -1.04. The molecule has 0 aliphatic carbocycles. The van der Waals surface area contributed by atoms with Crippen LogP contribution >= 0.6 is 0 Å². The molecule has 0 bridgehead atoms. The Balaban J connectivity index is 4.09. The fourth-order valence-corrected chi connectivity index (χ4v) is 0.880. The smallest absolute Gasteiger partial charge is 0.422 e. The summed E-state index contributed by atoms with van der Waals surface area (Å²) in [5, 5.41) is 1.64. The van der Waals surface area contributed by atoms with Crippen LogP contribution in [0.2, 0.25) is 0 Å². The zero-order valence-electron chi connectivity index (χ0n) is 9.50. The van der Waals surface area contributed by atoms with E-state index in [1.165, 1.54) is 0 Å². The number of amides is 2. The topological polar surface area (TPSA) is 81.4 Å². The van der Waals surface area contributed by atoms with E-state index in [4.69, 9.17) is 5.73 Å². The molecule has 0 fully saturated rings. The van der Waals surface area contributed by atoms with E-state index in [9.17, 15) is 22.8 Å². The Morgan fingerprint density at radius 3 is 2.35 bits per heavy atom. The monoisotopic (exact) mass is 256 g/mol. The molecule has 0 aliphatic heterocycles. The largest absolute Gasteiger partial charge is 0.440 e. The number of rotatable bonds is 4. The molecule has 0 aromatic carbocycles. The first kappa shape index (κ1) is 15.7. The number of imide groups is 1. The van der Waals surface area contributed by atoms with Crippen LogP contribution in [0.3, 0.4) is 0 Å². The molecule has 0 spiro atoms. The number of carbonyl (C=O) groups is 2. The first-order valence-electron chi connectivity index (χ1n) is 4.97. The molecule has 0 rings (SSSR count). The predicted octanol–water partition coefficient (Wildman–Crippen LogP) is 1.17. The summed E-state index contributed by atoms with van der Waals surface area (Å²) < 4.78 is 38.8. The van der Waals surface area contributed by atoms with Gasteiger partial charge in [-0.2, -0.15) is 13.2 Å². The SMILES string of the molecule is CC[C@H](C)[C@H](N)C(=O)NC(=O)OCC(F)(F)F.